The molecule has 1 aromatic carbocycles. The molecule has 15 heavy (non-hydrogen) atoms. The van der Waals surface area contributed by atoms with Crippen LogP contribution in [0.4, 0.5) is 0 Å². The first kappa shape index (κ1) is 9.73. The Morgan fingerprint density at radius 1 is 1.40 bits per heavy atom. The molecule has 0 aliphatic rings. The minimum Gasteiger partial charge on any atom is -0.496 e. The van der Waals surface area contributed by atoms with Crippen molar-refractivity contribution in [1.82, 2.24) is 4.98 Å². The Balaban J connectivity index is 2.44. The highest BCUT2D eigenvalue weighted by Crippen LogP contribution is 2.29. The number of para-hydroxylation sites is 1. The molecular formula is C11H11NO3. The van der Waals surface area contributed by atoms with Gasteiger partial charge in [-0.1, -0.05) is 12.1 Å². The molecule has 0 saturated heterocycles. The fraction of sp³-hybridized carbons (Fsp3) is 0.182. The van der Waals surface area contributed by atoms with Crippen molar-refractivity contribution in [3.05, 3.63) is 36.4 Å². The number of rotatable bonds is 3. The van der Waals surface area contributed by atoms with Crippen LogP contribution < -0.4 is 4.74 Å². The van der Waals surface area contributed by atoms with E-state index in [2.05, 4.69) is 4.98 Å². The van der Waals surface area contributed by atoms with Crippen LogP contribution >= 0.6 is 0 Å². The van der Waals surface area contributed by atoms with Gasteiger partial charge in [0.2, 0.25) is 5.89 Å². The van der Waals surface area contributed by atoms with Gasteiger partial charge in [-0.3, -0.25) is 0 Å². The number of hydrogen-bond donors (Lipinski definition) is 1. The van der Waals surface area contributed by atoms with Gasteiger partial charge in [-0.15, -0.1) is 0 Å². The molecule has 1 heterocycles. The van der Waals surface area contributed by atoms with Gasteiger partial charge in [0.05, 0.1) is 18.9 Å². The average molecular weight is 205 g/mol. The number of nitrogens with zero attached hydrogens (tertiary/aromatic N) is 1. The molecule has 1 N–H and O–H groups in total. The minimum atomic E-state index is -0.199. The van der Waals surface area contributed by atoms with Crippen molar-refractivity contribution in [3.63, 3.8) is 0 Å². The Bertz CT molecular complexity index is 451. The summed E-state index contributed by atoms with van der Waals surface area (Å²) >= 11 is 0. The number of aromatic nitrogens is 1. The van der Waals surface area contributed by atoms with Crippen molar-refractivity contribution >= 4 is 0 Å². The van der Waals surface area contributed by atoms with Gasteiger partial charge in [-0.05, 0) is 12.1 Å². The Hall–Kier alpha value is -1.81. The summed E-state index contributed by atoms with van der Waals surface area (Å²) in [7, 11) is 1.60. The van der Waals surface area contributed by atoms with Gasteiger partial charge in [0.15, 0.2) is 5.76 Å². The van der Waals surface area contributed by atoms with E-state index in [1.807, 2.05) is 24.3 Å². The zero-order valence-corrected chi connectivity index (χ0v) is 8.30. The molecule has 0 aliphatic heterocycles. The van der Waals surface area contributed by atoms with E-state index < -0.39 is 0 Å². The van der Waals surface area contributed by atoms with Crippen molar-refractivity contribution < 1.29 is 14.3 Å². The fourth-order valence-corrected chi connectivity index (χ4v) is 1.36. The minimum absolute atomic E-state index is 0.199. The SMILES string of the molecule is COc1ccccc1-c1cnc(CO)o1. The van der Waals surface area contributed by atoms with Crippen LogP contribution in [0.25, 0.3) is 11.3 Å². The number of oxazole rings is 1. The lowest BCUT2D eigenvalue weighted by Gasteiger charge is -2.04. The summed E-state index contributed by atoms with van der Waals surface area (Å²) in [5, 5.41) is 8.84. The van der Waals surface area contributed by atoms with E-state index in [-0.39, 0.29) is 6.61 Å². The predicted octanol–water partition coefficient (Wildman–Crippen LogP) is 1.84. The second kappa shape index (κ2) is 4.14. The number of hydrogen-bond acceptors (Lipinski definition) is 4. The van der Waals surface area contributed by atoms with Crippen LogP contribution in [0.15, 0.2) is 34.9 Å². The van der Waals surface area contributed by atoms with Crippen LogP contribution in [0.1, 0.15) is 5.89 Å². The maximum atomic E-state index is 8.84. The van der Waals surface area contributed by atoms with E-state index in [1.54, 1.807) is 13.3 Å². The summed E-state index contributed by atoms with van der Waals surface area (Å²) < 4.78 is 10.5. The molecule has 4 heteroatoms. The highest BCUT2D eigenvalue weighted by atomic mass is 16.5. The lowest BCUT2D eigenvalue weighted by molar-refractivity contribution is 0.241. The van der Waals surface area contributed by atoms with Gasteiger partial charge < -0.3 is 14.3 Å². The van der Waals surface area contributed by atoms with Gasteiger partial charge in [-0.25, -0.2) is 4.98 Å². The van der Waals surface area contributed by atoms with Crippen molar-refractivity contribution in [1.29, 1.82) is 0 Å². The van der Waals surface area contributed by atoms with Gasteiger partial charge in [0.25, 0.3) is 0 Å². The quantitative estimate of drug-likeness (QED) is 0.830. The van der Waals surface area contributed by atoms with Crippen molar-refractivity contribution in [2.45, 2.75) is 6.61 Å². The zero-order valence-electron chi connectivity index (χ0n) is 8.30. The summed E-state index contributed by atoms with van der Waals surface area (Å²) in [6.45, 7) is -0.199. The summed E-state index contributed by atoms with van der Waals surface area (Å²) in [5.41, 5.74) is 0.826. The topological polar surface area (TPSA) is 55.5 Å². The number of aliphatic hydroxyl groups is 1. The fourth-order valence-electron chi connectivity index (χ4n) is 1.36. The van der Waals surface area contributed by atoms with Gasteiger partial charge in [-0.2, -0.15) is 0 Å². The highest BCUT2D eigenvalue weighted by molar-refractivity contribution is 5.64. The lowest BCUT2D eigenvalue weighted by atomic mass is 10.1. The van der Waals surface area contributed by atoms with Gasteiger partial charge in [0, 0.05) is 0 Å². The second-order valence-electron chi connectivity index (χ2n) is 2.98. The number of ether oxygens (including phenoxy) is 1. The zero-order chi connectivity index (χ0) is 10.7. The van der Waals surface area contributed by atoms with Crippen LogP contribution in [0.5, 0.6) is 5.75 Å². The number of benzene rings is 1. The van der Waals surface area contributed by atoms with E-state index in [1.165, 1.54) is 0 Å². The molecule has 4 nitrogen and oxygen atoms in total. The Morgan fingerprint density at radius 2 is 2.20 bits per heavy atom. The molecule has 0 radical (unpaired) electrons. The highest BCUT2D eigenvalue weighted by Gasteiger charge is 2.09. The summed E-state index contributed by atoms with van der Waals surface area (Å²) in [6, 6.07) is 7.49. The average Bonchev–Trinajstić information content (AvgIpc) is 2.77. The standard InChI is InChI=1S/C11H11NO3/c1-14-9-5-3-2-4-8(9)10-6-12-11(7-13)15-10/h2-6,13H,7H2,1H3. The molecule has 0 fully saturated rings. The molecule has 0 atom stereocenters. The molecule has 2 aromatic rings. The summed E-state index contributed by atoms with van der Waals surface area (Å²) in [5.74, 6) is 1.62. The largest absolute Gasteiger partial charge is 0.496 e. The summed E-state index contributed by atoms with van der Waals surface area (Å²) in [6.07, 6.45) is 1.57. The van der Waals surface area contributed by atoms with E-state index in [9.17, 15) is 0 Å². The van der Waals surface area contributed by atoms with Crippen molar-refractivity contribution in [2.24, 2.45) is 0 Å². The monoisotopic (exact) mass is 205 g/mol. The Labute approximate surface area is 87.1 Å². The normalized spacial score (nSPS) is 10.3. The lowest BCUT2D eigenvalue weighted by Crippen LogP contribution is -1.85. The van der Waals surface area contributed by atoms with Crippen LogP contribution in [0.2, 0.25) is 0 Å². The number of aliphatic hydroxyl groups excluding tert-OH is 1. The molecule has 0 bridgehead atoms. The third-order valence-electron chi connectivity index (χ3n) is 2.06. The maximum Gasteiger partial charge on any atom is 0.220 e. The summed E-state index contributed by atoms with van der Waals surface area (Å²) in [4.78, 5) is 3.91. The van der Waals surface area contributed by atoms with Crippen molar-refractivity contribution in [3.8, 4) is 17.1 Å². The third-order valence-corrected chi connectivity index (χ3v) is 2.06. The van der Waals surface area contributed by atoms with Crippen LogP contribution in [-0.2, 0) is 6.61 Å². The molecular weight excluding hydrogens is 194 g/mol. The van der Waals surface area contributed by atoms with Crippen LogP contribution in [0, 0.1) is 0 Å². The molecule has 0 amide bonds. The van der Waals surface area contributed by atoms with Gasteiger partial charge >= 0.3 is 0 Å². The molecule has 78 valence electrons. The molecule has 1 aromatic heterocycles. The molecule has 0 unspecified atom stereocenters. The van der Waals surface area contributed by atoms with E-state index >= 15 is 0 Å². The van der Waals surface area contributed by atoms with E-state index in [0.717, 1.165) is 11.3 Å². The Morgan fingerprint density at radius 3 is 2.87 bits per heavy atom. The smallest absolute Gasteiger partial charge is 0.220 e. The molecule has 2 rings (SSSR count). The van der Waals surface area contributed by atoms with Crippen LogP contribution in [0.3, 0.4) is 0 Å². The second-order valence-corrected chi connectivity index (χ2v) is 2.98. The van der Waals surface area contributed by atoms with Gasteiger partial charge in [0.1, 0.15) is 12.4 Å². The first-order valence-electron chi connectivity index (χ1n) is 4.54. The molecule has 0 aliphatic carbocycles. The first-order chi connectivity index (χ1) is 7.35. The molecule has 0 spiro atoms. The van der Waals surface area contributed by atoms with Crippen molar-refractivity contribution in [2.75, 3.05) is 7.11 Å². The first-order valence-corrected chi connectivity index (χ1v) is 4.54. The maximum absolute atomic E-state index is 8.84. The van der Waals surface area contributed by atoms with E-state index in [4.69, 9.17) is 14.3 Å². The Kier molecular flexibility index (Phi) is 2.69. The van der Waals surface area contributed by atoms with E-state index in [0.29, 0.717) is 11.7 Å². The number of methoxy groups -OCH3 is 1. The molecule has 0 saturated carbocycles. The van der Waals surface area contributed by atoms with Crippen LogP contribution in [-0.4, -0.2) is 17.2 Å². The third kappa shape index (κ3) is 1.85. The predicted molar refractivity (Wildman–Crippen MR) is 54.4 cm³/mol.